The Balaban J connectivity index is 1.65. The van der Waals surface area contributed by atoms with Crippen LogP contribution in [0.15, 0.2) is 59.6 Å². The molecule has 0 spiro atoms. The highest BCUT2D eigenvalue weighted by Crippen LogP contribution is 2.35. The minimum absolute atomic E-state index is 0.219. The summed E-state index contributed by atoms with van der Waals surface area (Å²) < 4.78 is 17.4. The summed E-state index contributed by atoms with van der Waals surface area (Å²) in [7, 11) is -0.981. The van der Waals surface area contributed by atoms with Crippen molar-refractivity contribution in [1.29, 1.82) is 0 Å². The molecule has 0 radical (unpaired) electrons. The van der Waals surface area contributed by atoms with Crippen LogP contribution in [-0.2, 0) is 15.5 Å². The summed E-state index contributed by atoms with van der Waals surface area (Å²) in [6, 6.07) is 16.1. The molecule has 3 unspecified atom stereocenters. The summed E-state index contributed by atoms with van der Waals surface area (Å²) in [5, 5.41) is 9.91. The van der Waals surface area contributed by atoms with Crippen molar-refractivity contribution >= 4 is 10.8 Å². The van der Waals surface area contributed by atoms with Crippen LogP contribution >= 0.6 is 0 Å². The highest BCUT2D eigenvalue weighted by molar-refractivity contribution is 7.84. The second-order valence-corrected chi connectivity index (χ2v) is 9.72. The Morgan fingerprint density at radius 3 is 2.55 bits per heavy atom. The third kappa shape index (κ3) is 5.32. The molecule has 3 aromatic rings. The minimum Gasteiger partial charge on any atom is -0.389 e. The second-order valence-electron chi connectivity index (χ2n) is 8.34. The Bertz CT molecular complexity index is 1020. The number of hydrogen-bond donors (Lipinski definition) is 2. The highest BCUT2D eigenvalue weighted by Gasteiger charge is 2.23. The Morgan fingerprint density at radius 1 is 1.13 bits per heavy atom. The standard InChI is InChI=1S/C25H30N2O3S/c1-17(28)20-9-12-26-25(16-20)24-8-7-23(27-24)22(15-18-10-13-30-14-11-18)19-3-5-21(6-4-19)31(2)29/h3-9,12,16-18,22,27-28H,10-11,13-15H2,1-2H3. The lowest BCUT2D eigenvalue weighted by Crippen LogP contribution is -2.18. The molecular formula is C25H30N2O3S. The molecule has 1 saturated heterocycles. The first-order valence-corrected chi connectivity index (χ1v) is 12.4. The van der Waals surface area contributed by atoms with E-state index in [-0.39, 0.29) is 5.92 Å². The molecule has 1 aliphatic heterocycles. The Hall–Kier alpha value is -2.28. The third-order valence-electron chi connectivity index (χ3n) is 6.15. The number of benzene rings is 1. The van der Waals surface area contributed by atoms with Gasteiger partial charge in [0.05, 0.1) is 17.5 Å². The van der Waals surface area contributed by atoms with Crippen LogP contribution < -0.4 is 0 Å². The maximum absolute atomic E-state index is 11.8. The second kappa shape index (κ2) is 9.90. The van der Waals surface area contributed by atoms with Crippen molar-refractivity contribution in [2.24, 2.45) is 5.92 Å². The zero-order valence-electron chi connectivity index (χ0n) is 18.1. The van der Waals surface area contributed by atoms with Gasteiger partial charge in [0.1, 0.15) is 0 Å². The van der Waals surface area contributed by atoms with Crippen molar-refractivity contribution in [3.63, 3.8) is 0 Å². The van der Waals surface area contributed by atoms with Gasteiger partial charge in [-0.2, -0.15) is 0 Å². The molecule has 2 aromatic heterocycles. The van der Waals surface area contributed by atoms with Crippen LogP contribution in [0.2, 0.25) is 0 Å². The van der Waals surface area contributed by atoms with Gasteiger partial charge in [0, 0.05) is 53.0 Å². The largest absolute Gasteiger partial charge is 0.389 e. The van der Waals surface area contributed by atoms with Crippen molar-refractivity contribution in [3.8, 4) is 11.4 Å². The monoisotopic (exact) mass is 438 g/mol. The van der Waals surface area contributed by atoms with Crippen LogP contribution in [-0.4, -0.2) is 38.8 Å². The van der Waals surface area contributed by atoms with Gasteiger partial charge in [0.2, 0.25) is 0 Å². The van der Waals surface area contributed by atoms with Crippen LogP contribution in [0, 0.1) is 5.92 Å². The van der Waals surface area contributed by atoms with E-state index in [2.05, 4.69) is 34.2 Å². The fraction of sp³-hybridized carbons (Fsp3) is 0.400. The average molecular weight is 439 g/mol. The van der Waals surface area contributed by atoms with Crippen molar-refractivity contribution < 1.29 is 14.1 Å². The van der Waals surface area contributed by atoms with Crippen LogP contribution in [0.5, 0.6) is 0 Å². The lowest BCUT2D eigenvalue weighted by Gasteiger charge is -2.27. The van der Waals surface area contributed by atoms with Gasteiger partial charge in [-0.3, -0.25) is 9.19 Å². The molecule has 3 heterocycles. The van der Waals surface area contributed by atoms with E-state index in [0.29, 0.717) is 5.92 Å². The van der Waals surface area contributed by atoms with E-state index in [1.54, 1.807) is 19.4 Å². The quantitative estimate of drug-likeness (QED) is 0.555. The van der Waals surface area contributed by atoms with E-state index in [9.17, 15) is 9.32 Å². The van der Waals surface area contributed by atoms with Crippen LogP contribution in [0.3, 0.4) is 0 Å². The summed E-state index contributed by atoms with van der Waals surface area (Å²) in [6.45, 7) is 3.42. The maximum atomic E-state index is 11.8. The predicted molar refractivity (Wildman–Crippen MR) is 123 cm³/mol. The van der Waals surface area contributed by atoms with E-state index < -0.39 is 16.9 Å². The number of ether oxygens (including phenoxy) is 1. The number of nitrogens with zero attached hydrogens (tertiary/aromatic N) is 1. The van der Waals surface area contributed by atoms with Crippen LogP contribution in [0.25, 0.3) is 11.4 Å². The molecule has 164 valence electrons. The van der Waals surface area contributed by atoms with Crippen LogP contribution in [0.4, 0.5) is 0 Å². The van der Waals surface area contributed by atoms with Gasteiger partial charge in [-0.25, -0.2) is 0 Å². The molecule has 0 bridgehead atoms. The summed E-state index contributed by atoms with van der Waals surface area (Å²) in [5.41, 5.74) is 4.99. The molecule has 3 atom stereocenters. The summed E-state index contributed by atoms with van der Waals surface area (Å²) in [5.74, 6) is 0.832. The molecule has 0 aliphatic carbocycles. The Labute approximate surface area is 186 Å². The number of H-pyrrole nitrogens is 1. The van der Waals surface area contributed by atoms with Gasteiger partial charge in [-0.15, -0.1) is 0 Å². The number of aromatic amines is 1. The van der Waals surface area contributed by atoms with Gasteiger partial charge >= 0.3 is 0 Å². The fourth-order valence-corrected chi connectivity index (χ4v) is 4.79. The zero-order valence-corrected chi connectivity index (χ0v) is 18.9. The van der Waals surface area contributed by atoms with E-state index in [0.717, 1.165) is 60.0 Å². The third-order valence-corrected chi connectivity index (χ3v) is 7.09. The SMILES string of the molecule is CC(O)c1ccnc(-c2ccc(C(CC3CCOCC3)c3ccc(S(C)=O)cc3)[nH]2)c1. The normalized spacial score (nSPS) is 17.9. The van der Waals surface area contributed by atoms with E-state index in [4.69, 9.17) is 4.74 Å². The fourth-order valence-electron chi connectivity index (χ4n) is 4.27. The molecule has 2 N–H and O–H groups in total. The van der Waals surface area contributed by atoms with Gasteiger partial charge in [-0.05, 0) is 79.6 Å². The van der Waals surface area contributed by atoms with Gasteiger partial charge in [0.15, 0.2) is 0 Å². The van der Waals surface area contributed by atoms with Gasteiger partial charge in [0.25, 0.3) is 0 Å². The number of pyridine rings is 1. The molecule has 0 saturated carbocycles. The number of hydrogen-bond acceptors (Lipinski definition) is 4. The van der Waals surface area contributed by atoms with Crippen molar-refractivity contribution in [2.75, 3.05) is 19.5 Å². The summed E-state index contributed by atoms with van der Waals surface area (Å²) in [4.78, 5) is 8.92. The van der Waals surface area contributed by atoms with E-state index >= 15 is 0 Å². The van der Waals surface area contributed by atoms with Gasteiger partial charge < -0.3 is 14.8 Å². The lowest BCUT2D eigenvalue weighted by atomic mass is 9.83. The smallest absolute Gasteiger partial charge is 0.0868 e. The molecule has 6 heteroatoms. The molecular weight excluding hydrogens is 408 g/mol. The van der Waals surface area contributed by atoms with E-state index in [1.165, 1.54) is 5.56 Å². The Morgan fingerprint density at radius 2 is 1.87 bits per heavy atom. The van der Waals surface area contributed by atoms with Gasteiger partial charge in [-0.1, -0.05) is 12.1 Å². The molecule has 5 nitrogen and oxygen atoms in total. The van der Waals surface area contributed by atoms with E-state index in [1.807, 2.05) is 24.3 Å². The van der Waals surface area contributed by atoms with Crippen molar-refractivity contribution in [1.82, 2.24) is 9.97 Å². The first-order valence-electron chi connectivity index (χ1n) is 10.9. The molecule has 1 aliphatic rings. The molecule has 1 aromatic carbocycles. The summed E-state index contributed by atoms with van der Waals surface area (Å²) in [6.07, 6.45) is 6.12. The molecule has 0 amide bonds. The first kappa shape index (κ1) is 21.9. The predicted octanol–water partition coefficient (Wildman–Crippen LogP) is 4.82. The number of aliphatic hydroxyl groups excluding tert-OH is 1. The minimum atomic E-state index is -0.981. The summed E-state index contributed by atoms with van der Waals surface area (Å²) >= 11 is 0. The Kier molecular flexibility index (Phi) is 7.00. The lowest BCUT2D eigenvalue weighted by molar-refractivity contribution is 0.0626. The van der Waals surface area contributed by atoms with Crippen molar-refractivity contribution in [3.05, 3.63) is 71.5 Å². The molecule has 31 heavy (non-hydrogen) atoms. The van der Waals surface area contributed by atoms with Crippen LogP contribution in [0.1, 0.15) is 55.0 Å². The highest BCUT2D eigenvalue weighted by atomic mass is 32.2. The topological polar surface area (TPSA) is 75.2 Å². The average Bonchev–Trinajstić information content (AvgIpc) is 3.28. The number of aromatic nitrogens is 2. The number of aliphatic hydroxyl groups is 1. The molecule has 1 fully saturated rings. The zero-order chi connectivity index (χ0) is 21.8. The first-order chi connectivity index (χ1) is 15.0. The number of nitrogens with one attached hydrogen (secondary N) is 1. The number of rotatable bonds is 7. The maximum Gasteiger partial charge on any atom is 0.0868 e. The van der Waals surface area contributed by atoms with Crippen molar-refractivity contribution in [2.45, 2.75) is 43.1 Å². The molecule has 4 rings (SSSR count).